The molecule has 0 spiro atoms. The lowest BCUT2D eigenvalue weighted by molar-refractivity contribution is 0.332. The van der Waals surface area contributed by atoms with Gasteiger partial charge in [-0.1, -0.05) is 76.4 Å². The van der Waals surface area contributed by atoms with Gasteiger partial charge in [0.1, 0.15) is 0 Å². The molecule has 0 amide bonds. The third-order valence-corrected chi connectivity index (χ3v) is 4.72. The molecule has 0 saturated heterocycles. The van der Waals surface area contributed by atoms with Gasteiger partial charge in [0, 0.05) is 0 Å². The molecule has 0 N–H and O–H groups in total. The van der Waals surface area contributed by atoms with Crippen LogP contribution in [0.2, 0.25) is 5.31 Å². The van der Waals surface area contributed by atoms with Gasteiger partial charge in [-0.15, -0.1) is 0 Å². The lowest BCUT2D eigenvalue weighted by atomic mass is 9.64. The van der Waals surface area contributed by atoms with Crippen LogP contribution in [0.4, 0.5) is 0 Å². The van der Waals surface area contributed by atoms with Crippen molar-refractivity contribution in [2.75, 3.05) is 0 Å². The van der Waals surface area contributed by atoms with Crippen LogP contribution in [-0.2, 0) is 0 Å². The number of hydrogen-bond donors (Lipinski definition) is 0. The molecule has 0 unspecified atom stereocenters. The summed E-state index contributed by atoms with van der Waals surface area (Å²) in [5.41, 5.74) is -0.0769. The average Bonchev–Trinajstić information content (AvgIpc) is 2.37. The Balaban J connectivity index is 2.44. The first-order chi connectivity index (χ1) is 8.97. The van der Waals surface area contributed by atoms with Crippen molar-refractivity contribution >= 4 is 7.85 Å². The first-order valence-electron chi connectivity index (χ1n) is 8.18. The molecule has 106 valence electrons. The Labute approximate surface area is 121 Å². The molecule has 1 aliphatic rings. The van der Waals surface area contributed by atoms with Crippen molar-refractivity contribution in [3.8, 4) is 6.07 Å². The second-order valence-corrected chi connectivity index (χ2v) is 7.15. The van der Waals surface area contributed by atoms with E-state index in [1.807, 2.05) is 0 Å². The summed E-state index contributed by atoms with van der Waals surface area (Å²) in [4.78, 5) is 0. The molecule has 2 radical (unpaired) electrons. The molecule has 1 nitrogen and oxygen atoms in total. The van der Waals surface area contributed by atoms with E-state index in [2.05, 4.69) is 19.9 Å². The van der Waals surface area contributed by atoms with Crippen LogP contribution in [-0.4, -0.2) is 7.85 Å². The quantitative estimate of drug-likeness (QED) is 0.522. The zero-order chi connectivity index (χ0) is 14.2. The fourth-order valence-corrected chi connectivity index (χ4v) is 3.16. The van der Waals surface area contributed by atoms with E-state index in [0.717, 1.165) is 25.7 Å². The van der Waals surface area contributed by atoms with Crippen molar-refractivity contribution < 1.29 is 0 Å². The molecule has 0 aliphatic heterocycles. The molecule has 19 heavy (non-hydrogen) atoms. The number of nitriles is 1. The maximum Gasteiger partial charge on any atom is 0.0742 e. The lowest BCUT2D eigenvalue weighted by Crippen LogP contribution is -2.14. The molecule has 1 saturated carbocycles. The third kappa shape index (κ3) is 7.04. The largest absolute Gasteiger partial charge is 0.198 e. The van der Waals surface area contributed by atoms with Crippen LogP contribution in [0.3, 0.4) is 0 Å². The average molecular weight is 259 g/mol. The fraction of sp³-hybridized carbons (Fsp3) is 0.941. The maximum atomic E-state index is 9.36. The van der Waals surface area contributed by atoms with E-state index >= 15 is 0 Å². The van der Waals surface area contributed by atoms with E-state index in [4.69, 9.17) is 7.85 Å². The van der Waals surface area contributed by atoms with E-state index < -0.39 is 0 Å². The SMILES string of the molecule is [B]C1(C)CCCCCCC(C)(C#N)CCCCCC1. The predicted molar refractivity (Wildman–Crippen MR) is 83.2 cm³/mol. The highest BCUT2D eigenvalue weighted by atomic mass is 14.3. The van der Waals surface area contributed by atoms with Crippen LogP contribution in [0.25, 0.3) is 0 Å². The Bertz CT molecular complexity index is 272. The minimum atomic E-state index is -0.0769. The van der Waals surface area contributed by atoms with Gasteiger partial charge in [0.2, 0.25) is 0 Å². The number of rotatable bonds is 0. The minimum absolute atomic E-state index is 0.0469. The van der Waals surface area contributed by atoms with Gasteiger partial charge in [0.25, 0.3) is 0 Å². The van der Waals surface area contributed by atoms with Crippen molar-refractivity contribution in [1.82, 2.24) is 0 Å². The van der Waals surface area contributed by atoms with Crippen molar-refractivity contribution in [2.24, 2.45) is 5.41 Å². The zero-order valence-corrected chi connectivity index (χ0v) is 13.0. The minimum Gasteiger partial charge on any atom is -0.198 e. The summed E-state index contributed by atoms with van der Waals surface area (Å²) in [6.45, 7) is 4.36. The van der Waals surface area contributed by atoms with E-state index in [-0.39, 0.29) is 10.7 Å². The van der Waals surface area contributed by atoms with Crippen molar-refractivity contribution in [2.45, 2.75) is 96.2 Å². The Kier molecular flexibility index (Phi) is 6.98. The first-order valence-corrected chi connectivity index (χ1v) is 8.18. The summed E-state index contributed by atoms with van der Waals surface area (Å²) < 4.78 is 0. The Morgan fingerprint density at radius 1 is 0.737 bits per heavy atom. The van der Waals surface area contributed by atoms with Gasteiger partial charge in [-0.25, -0.2) is 0 Å². The monoisotopic (exact) mass is 259 g/mol. The summed E-state index contributed by atoms with van der Waals surface area (Å²) in [6, 6.07) is 2.55. The molecule has 0 aromatic rings. The Morgan fingerprint density at radius 2 is 1.11 bits per heavy atom. The maximum absolute atomic E-state index is 9.36. The van der Waals surface area contributed by atoms with Crippen molar-refractivity contribution in [1.29, 1.82) is 5.26 Å². The highest BCUT2D eigenvalue weighted by molar-refractivity contribution is 6.14. The lowest BCUT2D eigenvalue weighted by Gasteiger charge is -2.26. The predicted octanol–water partition coefficient (Wildman–Crippen LogP) is 5.56. The number of hydrogen-bond acceptors (Lipinski definition) is 1. The summed E-state index contributed by atoms with van der Waals surface area (Å²) >= 11 is 0. The van der Waals surface area contributed by atoms with E-state index in [1.54, 1.807) is 0 Å². The van der Waals surface area contributed by atoms with Gasteiger partial charge in [-0.05, 0) is 19.8 Å². The highest BCUT2D eigenvalue weighted by Crippen LogP contribution is 2.36. The molecule has 1 fully saturated rings. The number of nitrogens with zero attached hydrogens (tertiary/aromatic N) is 1. The van der Waals surface area contributed by atoms with Gasteiger partial charge in [0.05, 0.1) is 19.3 Å². The van der Waals surface area contributed by atoms with Gasteiger partial charge in [-0.2, -0.15) is 5.26 Å². The molecule has 1 rings (SSSR count). The normalized spacial score (nSPS) is 36.1. The molecule has 0 heterocycles. The van der Waals surface area contributed by atoms with E-state index in [0.29, 0.717) is 0 Å². The van der Waals surface area contributed by atoms with Crippen LogP contribution >= 0.6 is 0 Å². The van der Waals surface area contributed by atoms with E-state index in [1.165, 1.54) is 51.4 Å². The van der Waals surface area contributed by atoms with Gasteiger partial charge >= 0.3 is 0 Å². The van der Waals surface area contributed by atoms with Crippen LogP contribution in [0, 0.1) is 16.7 Å². The summed E-state index contributed by atoms with van der Waals surface area (Å²) in [5.74, 6) is 0. The second-order valence-electron chi connectivity index (χ2n) is 7.15. The van der Waals surface area contributed by atoms with E-state index in [9.17, 15) is 5.26 Å². The Morgan fingerprint density at radius 3 is 1.47 bits per heavy atom. The highest BCUT2D eigenvalue weighted by Gasteiger charge is 2.23. The van der Waals surface area contributed by atoms with Gasteiger partial charge in [-0.3, -0.25) is 0 Å². The van der Waals surface area contributed by atoms with Crippen LogP contribution in [0.5, 0.6) is 0 Å². The van der Waals surface area contributed by atoms with Gasteiger partial charge in [0.15, 0.2) is 0 Å². The third-order valence-electron chi connectivity index (χ3n) is 4.72. The van der Waals surface area contributed by atoms with Crippen molar-refractivity contribution in [3.63, 3.8) is 0 Å². The second kappa shape index (κ2) is 7.98. The molecule has 1 aliphatic carbocycles. The fourth-order valence-electron chi connectivity index (χ4n) is 3.16. The van der Waals surface area contributed by atoms with Crippen molar-refractivity contribution in [3.05, 3.63) is 0 Å². The topological polar surface area (TPSA) is 23.8 Å². The standard InChI is InChI=1S/C17H30BN/c1-16(15-19)11-7-3-5-9-13-17(2,18)14-10-6-4-8-12-16/h3-14H2,1-2H3. The smallest absolute Gasteiger partial charge is 0.0742 e. The zero-order valence-electron chi connectivity index (χ0n) is 13.0. The summed E-state index contributed by atoms with van der Waals surface area (Å²) in [6.07, 6.45) is 14.4. The summed E-state index contributed by atoms with van der Waals surface area (Å²) in [5, 5.41) is 9.40. The molecule has 0 aromatic carbocycles. The molecular formula is C17H30BN. The Hall–Kier alpha value is -0.445. The molecule has 0 bridgehead atoms. The molecular weight excluding hydrogens is 229 g/mol. The van der Waals surface area contributed by atoms with Crippen LogP contribution in [0.1, 0.15) is 90.9 Å². The first kappa shape index (κ1) is 16.6. The van der Waals surface area contributed by atoms with Crippen LogP contribution in [0.15, 0.2) is 0 Å². The molecule has 0 atom stereocenters. The van der Waals surface area contributed by atoms with Gasteiger partial charge < -0.3 is 0 Å². The molecule has 0 aromatic heterocycles. The summed E-state index contributed by atoms with van der Waals surface area (Å²) in [7, 11) is 6.35. The molecule has 2 heteroatoms. The van der Waals surface area contributed by atoms with Crippen LogP contribution < -0.4 is 0 Å².